The molecule has 0 radical (unpaired) electrons. The van der Waals surface area contributed by atoms with Crippen molar-refractivity contribution in [2.45, 2.75) is 104 Å². The number of hydrogen-bond acceptors (Lipinski definition) is 3. The third-order valence-electron chi connectivity index (χ3n) is 10.5. The van der Waals surface area contributed by atoms with E-state index in [0.717, 1.165) is 37.5 Å². The summed E-state index contributed by atoms with van der Waals surface area (Å²) in [7, 11) is 0. The van der Waals surface area contributed by atoms with Gasteiger partial charge in [-0.05, 0) is 97.7 Å². The van der Waals surface area contributed by atoms with Crippen molar-refractivity contribution in [3.8, 4) is 0 Å². The van der Waals surface area contributed by atoms with Crippen molar-refractivity contribution in [1.82, 2.24) is 0 Å². The average Bonchev–Trinajstić information content (AvgIpc) is 3.06. The molecular formula is C27H46O3. The SMILES string of the molecule is CC(CO)CCCC(C)C1CCC2C3C(CC[C@]12C)[C@@]1(C)CCC(O)CC1=C[C@H]3O. The van der Waals surface area contributed by atoms with Gasteiger partial charge in [0, 0.05) is 6.61 Å². The number of aliphatic hydroxyl groups is 3. The Bertz CT molecular complexity index is 644. The van der Waals surface area contributed by atoms with Crippen molar-refractivity contribution in [1.29, 1.82) is 0 Å². The van der Waals surface area contributed by atoms with E-state index in [2.05, 4.69) is 33.8 Å². The van der Waals surface area contributed by atoms with Crippen molar-refractivity contribution in [2.24, 2.45) is 46.3 Å². The van der Waals surface area contributed by atoms with Crippen LogP contribution < -0.4 is 0 Å². The van der Waals surface area contributed by atoms with Crippen LogP contribution in [0.2, 0.25) is 0 Å². The number of aliphatic hydroxyl groups excluding tert-OH is 3. The van der Waals surface area contributed by atoms with Crippen LogP contribution in [0.4, 0.5) is 0 Å². The first-order chi connectivity index (χ1) is 14.2. The zero-order valence-corrected chi connectivity index (χ0v) is 19.8. The summed E-state index contributed by atoms with van der Waals surface area (Å²) in [6.45, 7) is 9.92. The second-order valence-electron chi connectivity index (χ2n) is 12.2. The highest BCUT2D eigenvalue weighted by Crippen LogP contribution is 2.67. The van der Waals surface area contributed by atoms with Crippen LogP contribution in [-0.4, -0.2) is 34.1 Å². The molecule has 4 aliphatic carbocycles. The summed E-state index contributed by atoms with van der Waals surface area (Å²) < 4.78 is 0. The standard InChI is InChI=1S/C27H46O3/c1-17(16-28)6-5-7-18(2)21-8-9-22-25-23(11-13-27(21,22)4)26(3)12-10-20(29)14-19(26)15-24(25)30/h15,17-18,20-25,28-30H,5-14,16H2,1-4H3/t17?,18?,20?,21?,22?,23?,24-,25?,26+,27-/m1/s1. The summed E-state index contributed by atoms with van der Waals surface area (Å²) in [6.07, 6.45) is 13.2. The second kappa shape index (κ2) is 8.52. The van der Waals surface area contributed by atoms with Crippen LogP contribution >= 0.6 is 0 Å². The van der Waals surface area contributed by atoms with E-state index in [4.69, 9.17) is 0 Å². The van der Waals surface area contributed by atoms with Gasteiger partial charge in [0.25, 0.3) is 0 Å². The highest BCUT2D eigenvalue weighted by atomic mass is 16.3. The van der Waals surface area contributed by atoms with Crippen molar-refractivity contribution in [3.05, 3.63) is 11.6 Å². The Morgan fingerprint density at radius 1 is 1.00 bits per heavy atom. The zero-order chi connectivity index (χ0) is 21.7. The Labute approximate surface area is 184 Å². The largest absolute Gasteiger partial charge is 0.396 e. The maximum absolute atomic E-state index is 11.3. The lowest BCUT2D eigenvalue weighted by molar-refractivity contribution is -0.0971. The van der Waals surface area contributed by atoms with Crippen LogP contribution in [-0.2, 0) is 0 Å². The van der Waals surface area contributed by atoms with Crippen LogP contribution in [0.5, 0.6) is 0 Å². The molecule has 0 aromatic heterocycles. The maximum atomic E-state index is 11.3. The molecule has 3 fully saturated rings. The lowest BCUT2D eigenvalue weighted by atomic mass is 9.46. The van der Waals surface area contributed by atoms with Crippen LogP contribution in [0.3, 0.4) is 0 Å². The predicted octanol–water partition coefficient (Wildman–Crippen LogP) is 5.33. The van der Waals surface area contributed by atoms with Gasteiger partial charge in [-0.3, -0.25) is 0 Å². The van der Waals surface area contributed by atoms with Gasteiger partial charge in [-0.15, -0.1) is 0 Å². The molecule has 3 saturated carbocycles. The predicted molar refractivity (Wildman–Crippen MR) is 122 cm³/mol. The summed E-state index contributed by atoms with van der Waals surface area (Å²) in [5.74, 6) is 3.54. The molecule has 3 heteroatoms. The monoisotopic (exact) mass is 418 g/mol. The first-order valence-corrected chi connectivity index (χ1v) is 12.9. The van der Waals surface area contributed by atoms with Crippen molar-refractivity contribution in [3.63, 3.8) is 0 Å². The molecule has 4 rings (SSSR count). The van der Waals surface area contributed by atoms with Crippen LogP contribution in [0.15, 0.2) is 11.6 Å². The van der Waals surface area contributed by atoms with Gasteiger partial charge < -0.3 is 15.3 Å². The molecule has 3 nitrogen and oxygen atoms in total. The summed E-state index contributed by atoms with van der Waals surface area (Å²) in [4.78, 5) is 0. The molecule has 0 heterocycles. The van der Waals surface area contributed by atoms with E-state index in [-0.39, 0.29) is 17.6 Å². The van der Waals surface area contributed by atoms with Gasteiger partial charge >= 0.3 is 0 Å². The molecule has 3 N–H and O–H groups in total. The molecule has 0 aromatic rings. The molecular weight excluding hydrogens is 372 g/mol. The normalized spacial score (nSPS) is 47.6. The van der Waals surface area contributed by atoms with Gasteiger partial charge in [-0.25, -0.2) is 0 Å². The third-order valence-corrected chi connectivity index (χ3v) is 10.5. The van der Waals surface area contributed by atoms with E-state index < -0.39 is 0 Å². The Morgan fingerprint density at radius 3 is 2.50 bits per heavy atom. The minimum Gasteiger partial charge on any atom is -0.396 e. The number of fused-ring (bicyclic) bond motifs is 5. The summed E-state index contributed by atoms with van der Waals surface area (Å²) in [5, 5.41) is 30.8. The minimum atomic E-state index is -0.326. The van der Waals surface area contributed by atoms with E-state index in [1.165, 1.54) is 44.1 Å². The quantitative estimate of drug-likeness (QED) is 0.511. The van der Waals surface area contributed by atoms with Gasteiger partial charge in [-0.2, -0.15) is 0 Å². The zero-order valence-electron chi connectivity index (χ0n) is 19.8. The molecule has 30 heavy (non-hydrogen) atoms. The number of rotatable bonds is 6. The fourth-order valence-electron chi connectivity index (χ4n) is 8.69. The lowest BCUT2D eigenvalue weighted by Gasteiger charge is -2.59. The summed E-state index contributed by atoms with van der Waals surface area (Å²) in [6, 6.07) is 0. The molecule has 172 valence electrons. The molecule has 0 amide bonds. The van der Waals surface area contributed by atoms with E-state index in [1.807, 2.05) is 0 Å². The molecule has 4 aliphatic rings. The Hall–Kier alpha value is -0.380. The van der Waals surface area contributed by atoms with Gasteiger partial charge in [0.15, 0.2) is 0 Å². The highest BCUT2D eigenvalue weighted by Gasteiger charge is 2.61. The third kappa shape index (κ3) is 3.71. The van der Waals surface area contributed by atoms with E-state index in [0.29, 0.717) is 35.7 Å². The van der Waals surface area contributed by atoms with Gasteiger partial charge in [0.1, 0.15) is 0 Å². The lowest BCUT2D eigenvalue weighted by Crippen LogP contribution is -2.54. The Balaban J connectivity index is 1.50. The molecule has 7 unspecified atom stereocenters. The molecule has 0 bridgehead atoms. The second-order valence-corrected chi connectivity index (χ2v) is 12.2. The van der Waals surface area contributed by atoms with Gasteiger partial charge in [0.2, 0.25) is 0 Å². The average molecular weight is 419 g/mol. The molecule has 0 aliphatic heterocycles. The summed E-state index contributed by atoms with van der Waals surface area (Å²) in [5.41, 5.74) is 1.90. The van der Waals surface area contributed by atoms with Gasteiger partial charge in [0.05, 0.1) is 12.2 Å². The topological polar surface area (TPSA) is 60.7 Å². The Morgan fingerprint density at radius 2 is 1.77 bits per heavy atom. The first-order valence-electron chi connectivity index (χ1n) is 12.9. The van der Waals surface area contributed by atoms with Crippen LogP contribution in [0.1, 0.15) is 91.9 Å². The van der Waals surface area contributed by atoms with E-state index in [9.17, 15) is 15.3 Å². The molecule has 0 spiro atoms. The van der Waals surface area contributed by atoms with Gasteiger partial charge in [-0.1, -0.05) is 52.2 Å². The van der Waals surface area contributed by atoms with E-state index in [1.54, 1.807) is 0 Å². The minimum absolute atomic E-state index is 0.189. The summed E-state index contributed by atoms with van der Waals surface area (Å²) >= 11 is 0. The first kappa shape index (κ1) is 22.8. The maximum Gasteiger partial charge on any atom is 0.0757 e. The fraction of sp³-hybridized carbons (Fsp3) is 0.926. The Kier molecular flexibility index (Phi) is 6.48. The molecule has 0 aromatic carbocycles. The van der Waals surface area contributed by atoms with Crippen molar-refractivity contribution in [2.75, 3.05) is 6.61 Å². The fourth-order valence-corrected chi connectivity index (χ4v) is 8.69. The molecule has 0 saturated heterocycles. The van der Waals surface area contributed by atoms with E-state index >= 15 is 0 Å². The number of hydrogen-bond donors (Lipinski definition) is 3. The van der Waals surface area contributed by atoms with Crippen molar-refractivity contribution >= 4 is 0 Å². The van der Waals surface area contributed by atoms with Crippen LogP contribution in [0, 0.1) is 46.3 Å². The smallest absolute Gasteiger partial charge is 0.0757 e. The van der Waals surface area contributed by atoms with Crippen molar-refractivity contribution < 1.29 is 15.3 Å². The molecule has 10 atom stereocenters. The van der Waals surface area contributed by atoms with Crippen LogP contribution in [0.25, 0.3) is 0 Å². The highest BCUT2D eigenvalue weighted by molar-refractivity contribution is 5.27.